The standard InChI is InChI=1S/C15H22N4O/c1-5-12(20-6-2)8-16-14-13-10(3)7-11(4)19-15(13)18-9-17-14/h7,9,12H,5-6,8H2,1-4H3,(H,16,17,18,19). The summed E-state index contributed by atoms with van der Waals surface area (Å²) >= 11 is 0. The molecule has 0 amide bonds. The predicted molar refractivity (Wildman–Crippen MR) is 81.0 cm³/mol. The fraction of sp³-hybridized carbons (Fsp3) is 0.533. The molecule has 2 heterocycles. The van der Waals surface area contributed by atoms with E-state index in [1.54, 1.807) is 6.33 Å². The van der Waals surface area contributed by atoms with Crippen molar-refractivity contribution < 1.29 is 4.74 Å². The highest BCUT2D eigenvalue weighted by Crippen LogP contribution is 2.22. The number of hydrogen-bond acceptors (Lipinski definition) is 5. The van der Waals surface area contributed by atoms with Crippen molar-refractivity contribution in [3.05, 3.63) is 23.7 Å². The van der Waals surface area contributed by atoms with Crippen molar-refractivity contribution >= 4 is 16.9 Å². The maximum atomic E-state index is 5.65. The Labute approximate surface area is 119 Å². The second-order valence-corrected chi connectivity index (χ2v) is 4.87. The van der Waals surface area contributed by atoms with Gasteiger partial charge in [-0.05, 0) is 38.8 Å². The lowest BCUT2D eigenvalue weighted by Gasteiger charge is -2.17. The van der Waals surface area contributed by atoms with E-state index in [0.29, 0.717) is 0 Å². The smallest absolute Gasteiger partial charge is 0.165 e. The van der Waals surface area contributed by atoms with Crippen molar-refractivity contribution in [1.29, 1.82) is 0 Å². The van der Waals surface area contributed by atoms with E-state index in [9.17, 15) is 0 Å². The minimum atomic E-state index is 0.198. The Bertz CT molecular complexity index is 585. The highest BCUT2D eigenvalue weighted by atomic mass is 16.5. The minimum Gasteiger partial charge on any atom is -0.377 e. The Morgan fingerprint density at radius 1 is 1.25 bits per heavy atom. The van der Waals surface area contributed by atoms with Gasteiger partial charge in [-0.15, -0.1) is 0 Å². The molecule has 0 aromatic carbocycles. The van der Waals surface area contributed by atoms with Gasteiger partial charge < -0.3 is 10.1 Å². The Balaban J connectivity index is 2.26. The van der Waals surface area contributed by atoms with Crippen LogP contribution in [0, 0.1) is 13.8 Å². The summed E-state index contributed by atoms with van der Waals surface area (Å²) in [4.78, 5) is 13.1. The molecule has 0 spiro atoms. The molecule has 1 atom stereocenters. The molecule has 0 saturated carbocycles. The number of rotatable bonds is 6. The number of fused-ring (bicyclic) bond motifs is 1. The number of anilines is 1. The number of aryl methyl sites for hydroxylation is 2. The topological polar surface area (TPSA) is 59.9 Å². The first-order chi connectivity index (χ1) is 9.65. The summed E-state index contributed by atoms with van der Waals surface area (Å²) in [6.07, 6.45) is 2.72. The Morgan fingerprint density at radius 3 is 2.75 bits per heavy atom. The van der Waals surface area contributed by atoms with Gasteiger partial charge in [0.2, 0.25) is 0 Å². The van der Waals surface area contributed by atoms with Gasteiger partial charge in [-0.2, -0.15) is 0 Å². The van der Waals surface area contributed by atoms with Crippen LogP contribution in [0.1, 0.15) is 31.5 Å². The monoisotopic (exact) mass is 274 g/mol. The van der Waals surface area contributed by atoms with Crippen molar-refractivity contribution in [1.82, 2.24) is 15.0 Å². The molecule has 0 aliphatic heterocycles. The molecule has 0 aliphatic rings. The molecule has 0 bridgehead atoms. The van der Waals surface area contributed by atoms with E-state index >= 15 is 0 Å². The van der Waals surface area contributed by atoms with Crippen molar-refractivity contribution in [2.45, 2.75) is 40.2 Å². The third kappa shape index (κ3) is 3.22. The molecule has 2 aromatic heterocycles. The van der Waals surface area contributed by atoms with Gasteiger partial charge in [0.25, 0.3) is 0 Å². The van der Waals surface area contributed by atoms with Gasteiger partial charge in [0.05, 0.1) is 11.5 Å². The van der Waals surface area contributed by atoms with Gasteiger partial charge in [0, 0.05) is 18.8 Å². The molecule has 2 rings (SSSR count). The Hall–Kier alpha value is -1.75. The number of aromatic nitrogens is 3. The minimum absolute atomic E-state index is 0.198. The molecule has 2 aromatic rings. The molecular weight excluding hydrogens is 252 g/mol. The highest BCUT2D eigenvalue weighted by molar-refractivity contribution is 5.89. The van der Waals surface area contributed by atoms with Crippen LogP contribution in [0.15, 0.2) is 12.4 Å². The van der Waals surface area contributed by atoms with E-state index in [1.807, 2.05) is 13.8 Å². The van der Waals surface area contributed by atoms with Crippen LogP contribution in [-0.2, 0) is 4.74 Å². The lowest BCUT2D eigenvalue weighted by molar-refractivity contribution is 0.0695. The second kappa shape index (κ2) is 6.61. The summed E-state index contributed by atoms with van der Waals surface area (Å²) in [6, 6.07) is 2.05. The molecule has 0 aliphatic carbocycles. The maximum Gasteiger partial charge on any atom is 0.165 e. The van der Waals surface area contributed by atoms with E-state index < -0.39 is 0 Å². The van der Waals surface area contributed by atoms with Crippen LogP contribution in [0.4, 0.5) is 5.82 Å². The zero-order valence-electron chi connectivity index (χ0n) is 12.6. The molecule has 1 unspecified atom stereocenters. The zero-order chi connectivity index (χ0) is 14.5. The van der Waals surface area contributed by atoms with Crippen LogP contribution in [0.2, 0.25) is 0 Å². The molecule has 0 fully saturated rings. The fourth-order valence-electron chi connectivity index (χ4n) is 2.31. The van der Waals surface area contributed by atoms with Gasteiger partial charge in [-0.1, -0.05) is 6.92 Å². The normalized spacial score (nSPS) is 12.6. The average molecular weight is 274 g/mol. The molecular formula is C15H22N4O. The van der Waals surface area contributed by atoms with Crippen LogP contribution in [-0.4, -0.2) is 34.2 Å². The molecule has 1 N–H and O–H groups in total. The average Bonchev–Trinajstić information content (AvgIpc) is 2.42. The van der Waals surface area contributed by atoms with Crippen LogP contribution in [0.3, 0.4) is 0 Å². The van der Waals surface area contributed by atoms with Crippen molar-refractivity contribution in [2.24, 2.45) is 0 Å². The first kappa shape index (κ1) is 14.7. The van der Waals surface area contributed by atoms with Crippen LogP contribution >= 0.6 is 0 Å². The van der Waals surface area contributed by atoms with Crippen LogP contribution < -0.4 is 5.32 Å². The molecule has 5 nitrogen and oxygen atoms in total. The van der Waals surface area contributed by atoms with Crippen molar-refractivity contribution in [3.63, 3.8) is 0 Å². The lowest BCUT2D eigenvalue weighted by atomic mass is 10.1. The zero-order valence-corrected chi connectivity index (χ0v) is 12.6. The first-order valence-corrected chi connectivity index (χ1v) is 7.10. The summed E-state index contributed by atoms with van der Waals surface area (Å²) in [5, 5.41) is 4.36. The van der Waals surface area contributed by atoms with Crippen LogP contribution in [0.5, 0.6) is 0 Å². The molecule has 108 valence electrons. The van der Waals surface area contributed by atoms with Crippen molar-refractivity contribution in [3.8, 4) is 0 Å². The van der Waals surface area contributed by atoms with E-state index in [4.69, 9.17) is 4.74 Å². The molecule has 0 saturated heterocycles. The molecule has 0 radical (unpaired) electrons. The second-order valence-electron chi connectivity index (χ2n) is 4.87. The number of nitrogens with zero attached hydrogens (tertiary/aromatic N) is 3. The van der Waals surface area contributed by atoms with Gasteiger partial charge >= 0.3 is 0 Å². The summed E-state index contributed by atoms with van der Waals surface area (Å²) in [7, 11) is 0. The van der Waals surface area contributed by atoms with Gasteiger partial charge in [0.15, 0.2) is 5.65 Å². The predicted octanol–water partition coefficient (Wildman–Crippen LogP) is 2.87. The summed E-state index contributed by atoms with van der Waals surface area (Å²) < 4.78 is 5.65. The first-order valence-electron chi connectivity index (χ1n) is 7.10. The highest BCUT2D eigenvalue weighted by Gasteiger charge is 2.11. The van der Waals surface area contributed by atoms with Gasteiger partial charge in [0.1, 0.15) is 12.1 Å². The number of ether oxygens (including phenoxy) is 1. The largest absolute Gasteiger partial charge is 0.377 e. The molecule has 5 heteroatoms. The maximum absolute atomic E-state index is 5.65. The van der Waals surface area contributed by atoms with Crippen LogP contribution in [0.25, 0.3) is 11.0 Å². The van der Waals surface area contributed by atoms with Gasteiger partial charge in [-0.3, -0.25) is 0 Å². The van der Waals surface area contributed by atoms with Crippen molar-refractivity contribution in [2.75, 3.05) is 18.5 Å². The SMILES string of the molecule is CCOC(CC)CNc1ncnc2nc(C)cc(C)c12. The lowest BCUT2D eigenvalue weighted by Crippen LogP contribution is -2.23. The third-order valence-corrected chi connectivity index (χ3v) is 3.28. The van der Waals surface area contributed by atoms with E-state index in [-0.39, 0.29) is 6.10 Å². The Morgan fingerprint density at radius 2 is 2.05 bits per heavy atom. The summed E-state index contributed by atoms with van der Waals surface area (Å²) in [5.74, 6) is 0.832. The number of pyridine rings is 1. The van der Waals surface area contributed by atoms with Gasteiger partial charge in [-0.25, -0.2) is 15.0 Å². The van der Waals surface area contributed by atoms with E-state index in [2.05, 4.69) is 40.2 Å². The molecule has 20 heavy (non-hydrogen) atoms. The summed E-state index contributed by atoms with van der Waals surface area (Å²) in [6.45, 7) is 9.64. The summed E-state index contributed by atoms with van der Waals surface area (Å²) in [5.41, 5.74) is 2.85. The fourth-order valence-corrected chi connectivity index (χ4v) is 2.31. The quantitative estimate of drug-likeness (QED) is 0.877. The number of nitrogens with one attached hydrogen (secondary N) is 1. The Kier molecular flexibility index (Phi) is 4.84. The van der Waals surface area contributed by atoms with E-state index in [0.717, 1.165) is 47.7 Å². The third-order valence-electron chi connectivity index (χ3n) is 3.28. The van der Waals surface area contributed by atoms with E-state index in [1.165, 1.54) is 0 Å². The number of hydrogen-bond donors (Lipinski definition) is 1.